The first-order valence-corrected chi connectivity index (χ1v) is 15.2. The van der Waals surface area contributed by atoms with Gasteiger partial charge in [0.25, 0.3) is 0 Å². The minimum Gasteiger partial charge on any atom is -0.464 e. The van der Waals surface area contributed by atoms with Crippen molar-refractivity contribution in [2.24, 2.45) is 16.1 Å². The van der Waals surface area contributed by atoms with Gasteiger partial charge < -0.3 is 31.2 Å². The van der Waals surface area contributed by atoms with E-state index < -0.39 is 53.3 Å². The van der Waals surface area contributed by atoms with Crippen molar-refractivity contribution in [1.82, 2.24) is 15.5 Å². The molecule has 5 amide bonds. The molecule has 1 saturated heterocycles. The minimum absolute atomic E-state index is 0.00357. The van der Waals surface area contributed by atoms with Gasteiger partial charge in [0.2, 0.25) is 23.6 Å². The molecule has 0 unspecified atom stereocenters. The van der Waals surface area contributed by atoms with Crippen LogP contribution in [0.4, 0.5) is 27.5 Å². The van der Waals surface area contributed by atoms with Crippen LogP contribution in [0, 0.1) is 5.92 Å². The Balaban J connectivity index is 1.36. The summed E-state index contributed by atoms with van der Waals surface area (Å²) in [6.07, 6.45) is -0.356. The Kier molecular flexibility index (Phi) is 12.9. The second kappa shape index (κ2) is 16.8. The molecule has 3 rings (SSSR count). The molecule has 15 nitrogen and oxygen atoms in total. The molecule has 0 spiro atoms. The number of nitrogen functional groups attached to an aromatic ring is 1. The van der Waals surface area contributed by atoms with E-state index in [0.29, 0.717) is 22.7 Å². The predicted molar refractivity (Wildman–Crippen MR) is 172 cm³/mol. The Bertz CT molecular complexity index is 1470. The third kappa shape index (κ3) is 11.8. The van der Waals surface area contributed by atoms with Gasteiger partial charge >= 0.3 is 12.1 Å². The molecule has 1 aliphatic rings. The zero-order valence-corrected chi connectivity index (χ0v) is 26.9. The molecule has 2 aromatic rings. The van der Waals surface area contributed by atoms with E-state index in [0.717, 1.165) is 4.90 Å². The van der Waals surface area contributed by atoms with E-state index in [9.17, 15) is 28.8 Å². The second-order valence-electron chi connectivity index (χ2n) is 11.7. The van der Waals surface area contributed by atoms with Gasteiger partial charge in [-0.3, -0.25) is 19.2 Å². The number of hydrogen-bond acceptors (Lipinski definition) is 11. The molecule has 252 valence electrons. The number of likely N-dealkylation sites (tertiary alicyclic amines) is 1. The Labute approximate surface area is 272 Å². The van der Waals surface area contributed by atoms with Crippen LogP contribution in [0.2, 0.25) is 0 Å². The maximum absolute atomic E-state index is 13.0. The monoisotopic (exact) mass is 651 g/mol. The predicted octanol–water partition coefficient (Wildman–Crippen LogP) is 3.74. The van der Waals surface area contributed by atoms with Gasteiger partial charge in [-0.2, -0.15) is 10.2 Å². The highest BCUT2D eigenvalue weighted by Gasteiger charge is 2.48. The lowest BCUT2D eigenvalue weighted by Crippen LogP contribution is -2.46. The summed E-state index contributed by atoms with van der Waals surface area (Å²) in [5.74, 6) is -3.41. The summed E-state index contributed by atoms with van der Waals surface area (Å²) in [4.78, 5) is 75.7. The maximum Gasteiger partial charge on any atom is 0.417 e. The van der Waals surface area contributed by atoms with Crippen molar-refractivity contribution in [3.8, 4) is 0 Å². The Hall–Kier alpha value is -5.34. The molecule has 0 bridgehead atoms. The topological polar surface area (TPSA) is 211 Å². The van der Waals surface area contributed by atoms with E-state index >= 15 is 0 Å². The third-order valence-corrected chi connectivity index (χ3v) is 6.73. The molecule has 15 heteroatoms. The number of nitrogens with two attached hydrogens (primary N) is 1. The molecule has 0 aliphatic carbocycles. The summed E-state index contributed by atoms with van der Waals surface area (Å²) < 4.78 is 10.4. The van der Waals surface area contributed by atoms with Crippen LogP contribution in [-0.2, 0) is 33.4 Å². The molecule has 5 N–H and O–H groups in total. The zero-order valence-electron chi connectivity index (χ0n) is 26.9. The van der Waals surface area contributed by atoms with Gasteiger partial charge in [-0.05, 0) is 95.5 Å². The number of carbonyl (C=O) groups excluding carboxylic acids is 6. The van der Waals surface area contributed by atoms with Gasteiger partial charge in [0.1, 0.15) is 11.6 Å². The summed E-state index contributed by atoms with van der Waals surface area (Å²) >= 11 is 0. The van der Waals surface area contributed by atoms with Gasteiger partial charge in [0.05, 0.1) is 31.1 Å². The number of nitrogens with one attached hydrogen (secondary N) is 3. The van der Waals surface area contributed by atoms with Gasteiger partial charge in [-0.25, -0.2) is 14.5 Å². The summed E-state index contributed by atoms with van der Waals surface area (Å²) in [6, 6.07) is 12.4. The lowest BCUT2D eigenvalue weighted by molar-refractivity contribution is -0.151. The van der Waals surface area contributed by atoms with Crippen LogP contribution in [0.25, 0.3) is 0 Å². The molecule has 2 atom stereocenters. The highest BCUT2D eigenvalue weighted by molar-refractivity contribution is 6.00. The Morgan fingerprint density at radius 3 is 2.06 bits per heavy atom. The van der Waals surface area contributed by atoms with Crippen molar-refractivity contribution in [3.63, 3.8) is 0 Å². The number of imide groups is 1. The first-order chi connectivity index (χ1) is 22.3. The van der Waals surface area contributed by atoms with E-state index in [4.69, 9.17) is 15.2 Å². The van der Waals surface area contributed by atoms with Crippen LogP contribution in [-0.4, -0.2) is 71.9 Å². The lowest BCUT2D eigenvalue weighted by Gasteiger charge is -2.26. The van der Waals surface area contributed by atoms with Crippen LogP contribution >= 0.6 is 0 Å². The minimum atomic E-state index is -1.10. The number of anilines is 2. The van der Waals surface area contributed by atoms with Gasteiger partial charge in [0, 0.05) is 23.7 Å². The number of azo groups is 1. The number of hydrogen-bond donors (Lipinski definition) is 4. The number of benzene rings is 2. The molecule has 0 radical (unpaired) electrons. The number of amides is 5. The number of ether oxygens (including phenoxy) is 2. The number of esters is 1. The summed E-state index contributed by atoms with van der Waals surface area (Å²) in [6.45, 7) is 6.00. The molecular formula is C32H41N7O8. The molecule has 1 heterocycles. The van der Waals surface area contributed by atoms with Gasteiger partial charge in [-0.1, -0.05) is 0 Å². The maximum atomic E-state index is 13.0. The smallest absolute Gasteiger partial charge is 0.417 e. The fourth-order valence-electron chi connectivity index (χ4n) is 4.53. The van der Waals surface area contributed by atoms with Crippen LogP contribution in [0.15, 0.2) is 58.8 Å². The quantitative estimate of drug-likeness (QED) is 0.141. The molecular weight excluding hydrogens is 610 g/mol. The summed E-state index contributed by atoms with van der Waals surface area (Å²) in [5.41, 5.74) is 7.11. The zero-order chi connectivity index (χ0) is 34.6. The van der Waals surface area contributed by atoms with Gasteiger partial charge in [-0.15, -0.1) is 0 Å². The average molecular weight is 652 g/mol. The van der Waals surface area contributed by atoms with Crippen LogP contribution in [0.1, 0.15) is 53.4 Å². The summed E-state index contributed by atoms with van der Waals surface area (Å²) in [7, 11) is 0. The van der Waals surface area contributed by atoms with E-state index in [1.165, 1.54) is 0 Å². The van der Waals surface area contributed by atoms with E-state index in [1.807, 2.05) is 0 Å². The highest BCUT2D eigenvalue weighted by Crippen LogP contribution is 2.31. The molecule has 47 heavy (non-hydrogen) atoms. The SMILES string of the molecule is CCOC(=O)[C@@H]1C[C@@H](CCCC(=O)NCC(=O)NCC(=O)Nc2ccc(/N=N/c3ccc(N)cc3)cc2)C(=O)N1C(=O)OC(C)(C)C. The number of rotatable bonds is 13. The molecule has 1 aliphatic heterocycles. The normalized spacial score (nSPS) is 16.1. The molecule has 2 aromatic carbocycles. The second-order valence-corrected chi connectivity index (χ2v) is 11.7. The number of nitrogens with zero attached hydrogens (tertiary/aromatic N) is 3. The van der Waals surface area contributed by atoms with E-state index in [1.54, 1.807) is 76.2 Å². The lowest BCUT2D eigenvalue weighted by atomic mass is 9.98. The molecule has 0 aromatic heterocycles. The Morgan fingerprint density at radius 1 is 0.894 bits per heavy atom. The van der Waals surface area contributed by atoms with Crippen LogP contribution < -0.4 is 21.7 Å². The summed E-state index contributed by atoms with van der Waals surface area (Å²) in [5, 5.41) is 15.8. The first kappa shape index (κ1) is 36.1. The van der Waals surface area contributed by atoms with Crippen molar-refractivity contribution in [2.45, 2.75) is 65.0 Å². The largest absolute Gasteiger partial charge is 0.464 e. The van der Waals surface area contributed by atoms with Crippen molar-refractivity contribution < 1.29 is 38.2 Å². The van der Waals surface area contributed by atoms with Crippen molar-refractivity contribution in [3.05, 3.63) is 48.5 Å². The average Bonchev–Trinajstić information content (AvgIpc) is 3.34. The van der Waals surface area contributed by atoms with Crippen LogP contribution in [0.5, 0.6) is 0 Å². The number of carbonyl (C=O) groups is 6. The third-order valence-electron chi connectivity index (χ3n) is 6.73. The Morgan fingerprint density at radius 2 is 1.47 bits per heavy atom. The molecule has 1 fully saturated rings. The molecule has 0 saturated carbocycles. The fourth-order valence-corrected chi connectivity index (χ4v) is 4.53. The van der Waals surface area contributed by atoms with Crippen molar-refractivity contribution >= 4 is 58.4 Å². The standard InChI is InChI=1S/C32H41N7O8/c1-5-46-30(44)25-17-20(29(43)39(25)31(45)47-32(2,3)4)7-6-8-26(40)34-18-27(41)35-19-28(42)36-22-13-15-24(16-14-22)38-37-23-11-9-21(33)10-12-23/h9-16,20,25H,5-8,17-19,33H2,1-4H3,(H,34,40)(H,35,41)(H,36,42)/b38-37+/t20-,25+/m1/s1. The first-order valence-electron chi connectivity index (χ1n) is 15.2. The highest BCUT2D eigenvalue weighted by atomic mass is 16.6. The van der Waals surface area contributed by atoms with Crippen molar-refractivity contribution in [1.29, 1.82) is 0 Å². The van der Waals surface area contributed by atoms with Crippen LogP contribution in [0.3, 0.4) is 0 Å². The van der Waals surface area contributed by atoms with E-state index in [2.05, 4.69) is 26.2 Å². The van der Waals surface area contributed by atoms with E-state index in [-0.39, 0.29) is 45.4 Å². The fraction of sp³-hybridized carbons (Fsp3) is 0.438. The van der Waals surface area contributed by atoms with Crippen molar-refractivity contribution in [2.75, 3.05) is 30.7 Å². The van der Waals surface area contributed by atoms with Gasteiger partial charge in [0.15, 0.2) is 0 Å².